The molecule has 0 aliphatic heterocycles. The highest BCUT2D eigenvalue weighted by Gasteiger charge is 2.12. The molecule has 20 heavy (non-hydrogen) atoms. The molecule has 0 fully saturated rings. The highest BCUT2D eigenvalue weighted by molar-refractivity contribution is 9.10. The van der Waals surface area contributed by atoms with Gasteiger partial charge in [0, 0.05) is 34.9 Å². The molecule has 0 aliphatic carbocycles. The Balaban J connectivity index is 1.93. The number of carbonyl (C=O) groups excluding carboxylic acids is 1. The lowest BCUT2D eigenvalue weighted by molar-refractivity contribution is -0.118. The van der Waals surface area contributed by atoms with Crippen molar-refractivity contribution < 1.29 is 4.79 Å². The van der Waals surface area contributed by atoms with E-state index in [1.165, 1.54) is 0 Å². The van der Waals surface area contributed by atoms with Gasteiger partial charge in [-0.3, -0.25) is 9.78 Å². The third kappa shape index (κ3) is 4.17. The summed E-state index contributed by atoms with van der Waals surface area (Å²) in [5, 5.41) is 0. The molecular weight excluding hydrogens is 316 g/mol. The highest BCUT2D eigenvalue weighted by atomic mass is 79.9. The molecule has 0 amide bonds. The number of anilines is 1. The Morgan fingerprint density at radius 2 is 1.95 bits per heavy atom. The molecule has 0 radical (unpaired) electrons. The van der Waals surface area contributed by atoms with Gasteiger partial charge in [-0.2, -0.15) is 0 Å². The average Bonchev–Trinajstić information content (AvgIpc) is 2.42. The lowest BCUT2D eigenvalue weighted by Crippen LogP contribution is -2.08. The van der Waals surface area contributed by atoms with Crippen LogP contribution < -0.4 is 5.73 Å². The highest BCUT2D eigenvalue weighted by Crippen LogP contribution is 2.21. The van der Waals surface area contributed by atoms with Crippen molar-refractivity contribution in [2.45, 2.75) is 25.7 Å². The zero-order valence-corrected chi connectivity index (χ0v) is 12.9. The van der Waals surface area contributed by atoms with E-state index in [9.17, 15) is 4.79 Å². The summed E-state index contributed by atoms with van der Waals surface area (Å²) >= 11 is 3.33. The SMILES string of the molecule is CC(CC(=O)Cc1ccc(Br)cn1)c1ccc(N)cc1. The van der Waals surface area contributed by atoms with E-state index in [1.54, 1.807) is 6.20 Å². The summed E-state index contributed by atoms with van der Waals surface area (Å²) in [5.74, 6) is 0.391. The predicted molar refractivity (Wildman–Crippen MR) is 84.5 cm³/mol. The molecule has 1 aromatic carbocycles. The van der Waals surface area contributed by atoms with Gasteiger partial charge in [0.15, 0.2) is 0 Å². The summed E-state index contributed by atoms with van der Waals surface area (Å²) in [6.07, 6.45) is 2.61. The van der Waals surface area contributed by atoms with E-state index in [2.05, 4.69) is 27.8 Å². The summed E-state index contributed by atoms with van der Waals surface area (Å²) in [4.78, 5) is 16.3. The molecule has 1 unspecified atom stereocenters. The van der Waals surface area contributed by atoms with Crippen LogP contribution in [0, 0.1) is 0 Å². The minimum atomic E-state index is 0.193. The van der Waals surface area contributed by atoms with Crippen LogP contribution in [0.15, 0.2) is 47.1 Å². The normalized spacial score (nSPS) is 12.1. The molecule has 3 nitrogen and oxygen atoms in total. The van der Waals surface area contributed by atoms with Crippen LogP contribution in [0.4, 0.5) is 5.69 Å². The van der Waals surface area contributed by atoms with Crippen molar-refractivity contribution in [1.82, 2.24) is 4.98 Å². The maximum atomic E-state index is 12.1. The standard InChI is InChI=1S/C16H17BrN2O/c1-11(12-2-5-14(18)6-3-12)8-16(20)9-15-7-4-13(17)10-19-15/h2-7,10-11H,8-9,18H2,1H3. The number of nitrogen functional groups attached to an aromatic ring is 1. The molecular formula is C16H17BrN2O. The first-order chi connectivity index (χ1) is 9.54. The topological polar surface area (TPSA) is 56.0 Å². The van der Waals surface area contributed by atoms with Gasteiger partial charge in [0.25, 0.3) is 0 Å². The molecule has 0 saturated carbocycles. The second-order valence-corrected chi connectivity index (χ2v) is 5.87. The first kappa shape index (κ1) is 14.7. The van der Waals surface area contributed by atoms with Crippen LogP contribution in [0.25, 0.3) is 0 Å². The summed E-state index contributed by atoms with van der Waals surface area (Å²) in [6.45, 7) is 2.05. The molecule has 2 rings (SSSR count). The van der Waals surface area contributed by atoms with E-state index >= 15 is 0 Å². The van der Waals surface area contributed by atoms with Crippen molar-refractivity contribution in [3.63, 3.8) is 0 Å². The van der Waals surface area contributed by atoms with E-state index in [0.29, 0.717) is 12.8 Å². The quantitative estimate of drug-likeness (QED) is 0.848. The predicted octanol–water partition coefficient (Wildman–Crippen LogP) is 3.73. The van der Waals surface area contributed by atoms with Crippen molar-refractivity contribution in [2.75, 3.05) is 5.73 Å². The number of hydrogen-bond acceptors (Lipinski definition) is 3. The molecule has 1 heterocycles. The number of benzene rings is 1. The molecule has 1 atom stereocenters. The van der Waals surface area contributed by atoms with Gasteiger partial charge < -0.3 is 5.73 Å². The number of aromatic nitrogens is 1. The number of nitrogens with zero attached hydrogens (tertiary/aromatic N) is 1. The van der Waals surface area contributed by atoms with Crippen molar-refractivity contribution >= 4 is 27.4 Å². The van der Waals surface area contributed by atoms with E-state index in [1.807, 2.05) is 36.4 Å². The van der Waals surface area contributed by atoms with Gasteiger partial charge in [-0.05, 0) is 51.7 Å². The maximum absolute atomic E-state index is 12.1. The molecule has 0 bridgehead atoms. The molecule has 104 valence electrons. The summed E-state index contributed by atoms with van der Waals surface area (Å²) < 4.78 is 0.920. The van der Waals surface area contributed by atoms with Gasteiger partial charge in [0.1, 0.15) is 5.78 Å². The van der Waals surface area contributed by atoms with Crippen molar-refractivity contribution in [1.29, 1.82) is 0 Å². The Hall–Kier alpha value is -1.68. The molecule has 2 N–H and O–H groups in total. The summed E-state index contributed by atoms with van der Waals surface area (Å²) in [7, 11) is 0. The minimum absolute atomic E-state index is 0.193. The van der Waals surface area contributed by atoms with Crippen LogP contribution >= 0.6 is 15.9 Å². The number of pyridine rings is 1. The van der Waals surface area contributed by atoms with Crippen molar-refractivity contribution in [2.24, 2.45) is 0 Å². The molecule has 2 aromatic rings. The fourth-order valence-electron chi connectivity index (χ4n) is 2.07. The average molecular weight is 333 g/mol. The second-order valence-electron chi connectivity index (χ2n) is 4.96. The fraction of sp³-hybridized carbons (Fsp3) is 0.250. The molecule has 4 heteroatoms. The number of ketones is 1. The molecule has 0 aliphatic rings. The largest absolute Gasteiger partial charge is 0.399 e. The van der Waals surface area contributed by atoms with Crippen LogP contribution in [-0.4, -0.2) is 10.8 Å². The summed E-state index contributed by atoms with van der Waals surface area (Å²) in [5.41, 5.74) is 8.35. The zero-order valence-electron chi connectivity index (χ0n) is 11.3. The second kappa shape index (κ2) is 6.66. The number of carbonyl (C=O) groups is 1. The van der Waals surface area contributed by atoms with E-state index in [-0.39, 0.29) is 11.7 Å². The van der Waals surface area contributed by atoms with Gasteiger partial charge in [0.05, 0.1) is 0 Å². The Bertz CT molecular complexity index is 578. The van der Waals surface area contributed by atoms with Crippen LogP contribution in [0.3, 0.4) is 0 Å². The van der Waals surface area contributed by atoms with Gasteiger partial charge in [-0.25, -0.2) is 0 Å². The van der Waals surface area contributed by atoms with Crippen molar-refractivity contribution in [3.05, 3.63) is 58.3 Å². The fourth-order valence-corrected chi connectivity index (χ4v) is 2.30. The Labute approximate surface area is 127 Å². The van der Waals surface area contributed by atoms with Crippen molar-refractivity contribution in [3.8, 4) is 0 Å². The number of hydrogen-bond donors (Lipinski definition) is 1. The summed E-state index contributed by atoms with van der Waals surface area (Å²) in [6, 6.07) is 11.5. The first-order valence-electron chi connectivity index (χ1n) is 6.52. The van der Waals surface area contributed by atoms with Crippen LogP contribution in [0.2, 0.25) is 0 Å². The Morgan fingerprint density at radius 3 is 2.55 bits per heavy atom. The monoisotopic (exact) mass is 332 g/mol. The number of halogens is 1. The number of nitrogens with two attached hydrogens (primary N) is 1. The minimum Gasteiger partial charge on any atom is -0.399 e. The van der Waals surface area contributed by atoms with Crippen LogP contribution in [0.5, 0.6) is 0 Å². The van der Waals surface area contributed by atoms with E-state index in [4.69, 9.17) is 5.73 Å². The van der Waals surface area contributed by atoms with Crippen LogP contribution in [0.1, 0.15) is 30.5 Å². The number of Topliss-reactive ketones (excluding diaryl/α,β-unsaturated/α-hetero) is 1. The smallest absolute Gasteiger partial charge is 0.139 e. The van der Waals surface area contributed by atoms with Gasteiger partial charge >= 0.3 is 0 Å². The van der Waals surface area contributed by atoms with Gasteiger partial charge in [-0.1, -0.05) is 19.1 Å². The first-order valence-corrected chi connectivity index (χ1v) is 7.31. The molecule has 0 saturated heterocycles. The van der Waals surface area contributed by atoms with E-state index < -0.39 is 0 Å². The Morgan fingerprint density at radius 1 is 1.25 bits per heavy atom. The molecule has 0 spiro atoms. The lowest BCUT2D eigenvalue weighted by atomic mass is 9.94. The van der Waals surface area contributed by atoms with Gasteiger partial charge in [0.2, 0.25) is 0 Å². The molecule has 1 aromatic heterocycles. The zero-order chi connectivity index (χ0) is 14.5. The van der Waals surface area contributed by atoms with Crippen LogP contribution in [-0.2, 0) is 11.2 Å². The lowest BCUT2D eigenvalue weighted by Gasteiger charge is -2.11. The third-order valence-electron chi connectivity index (χ3n) is 3.21. The van der Waals surface area contributed by atoms with Gasteiger partial charge in [-0.15, -0.1) is 0 Å². The third-order valence-corrected chi connectivity index (χ3v) is 3.68. The number of rotatable bonds is 5. The van der Waals surface area contributed by atoms with E-state index in [0.717, 1.165) is 21.4 Å². The maximum Gasteiger partial charge on any atom is 0.139 e. The Kier molecular flexibility index (Phi) is 4.90.